The highest BCUT2D eigenvalue weighted by atomic mass is 32.2. The molecule has 0 bridgehead atoms. The van der Waals surface area contributed by atoms with Crippen molar-refractivity contribution < 1.29 is 18.3 Å². The van der Waals surface area contributed by atoms with Crippen LogP contribution in [0, 0.1) is 6.92 Å². The van der Waals surface area contributed by atoms with Crippen LogP contribution in [0.15, 0.2) is 34.5 Å². The number of thiophene rings is 1. The zero-order valence-electron chi connectivity index (χ0n) is 12.1. The molecule has 1 aromatic heterocycles. The van der Waals surface area contributed by atoms with Crippen molar-refractivity contribution in [1.82, 2.24) is 0 Å². The summed E-state index contributed by atoms with van der Waals surface area (Å²) in [6, 6.07) is 8.85. The summed E-state index contributed by atoms with van der Waals surface area (Å²) in [7, 11) is -3.73. The van der Waals surface area contributed by atoms with Gasteiger partial charge in [-0.05, 0) is 30.2 Å². The molecule has 1 aromatic carbocycles. The second-order valence-corrected chi connectivity index (χ2v) is 8.52. The van der Waals surface area contributed by atoms with Crippen molar-refractivity contribution in [2.24, 2.45) is 0 Å². The smallest absolute Gasteiger partial charge is 0.346 e. The SMILES string of the molecule is Cc1cc(S(=O)(=O)N2C[C@@H](C)c3ccccc32)sc1C(=O)O. The Balaban J connectivity index is 2.09. The molecule has 2 heterocycles. The zero-order valence-corrected chi connectivity index (χ0v) is 13.7. The summed E-state index contributed by atoms with van der Waals surface area (Å²) >= 11 is 0.808. The molecule has 0 saturated heterocycles. The number of para-hydroxylation sites is 1. The van der Waals surface area contributed by atoms with E-state index >= 15 is 0 Å². The fourth-order valence-corrected chi connectivity index (χ4v) is 5.78. The lowest BCUT2D eigenvalue weighted by Crippen LogP contribution is -2.29. The quantitative estimate of drug-likeness (QED) is 0.934. The number of hydrogen-bond acceptors (Lipinski definition) is 4. The fraction of sp³-hybridized carbons (Fsp3) is 0.267. The van der Waals surface area contributed by atoms with Crippen molar-refractivity contribution in [2.45, 2.75) is 24.0 Å². The number of carboxylic acid groups (broad SMARTS) is 1. The molecule has 1 aliphatic heterocycles. The highest BCUT2D eigenvalue weighted by Crippen LogP contribution is 2.40. The first-order chi connectivity index (χ1) is 10.3. The standard InChI is InChI=1S/C15H15NO4S2/c1-9-7-13(21-14(9)15(17)18)22(19,20)16-8-10(2)11-5-3-4-6-12(11)16/h3-7,10H,8H2,1-2H3,(H,17,18)/t10-/m1/s1. The van der Waals surface area contributed by atoms with E-state index in [9.17, 15) is 13.2 Å². The van der Waals surface area contributed by atoms with Crippen molar-refractivity contribution in [2.75, 3.05) is 10.8 Å². The van der Waals surface area contributed by atoms with E-state index in [1.54, 1.807) is 13.0 Å². The van der Waals surface area contributed by atoms with Gasteiger partial charge >= 0.3 is 5.97 Å². The number of carbonyl (C=O) groups is 1. The van der Waals surface area contributed by atoms with Gasteiger partial charge < -0.3 is 5.11 Å². The molecule has 0 radical (unpaired) electrons. The van der Waals surface area contributed by atoms with Crippen LogP contribution in [0.3, 0.4) is 0 Å². The predicted molar refractivity (Wildman–Crippen MR) is 85.4 cm³/mol. The van der Waals surface area contributed by atoms with E-state index < -0.39 is 16.0 Å². The summed E-state index contributed by atoms with van der Waals surface area (Å²) < 4.78 is 27.2. The number of fused-ring (bicyclic) bond motifs is 1. The third-order valence-corrected chi connectivity index (χ3v) is 7.26. The Morgan fingerprint density at radius 3 is 2.68 bits per heavy atom. The molecule has 2 aromatic rings. The molecular weight excluding hydrogens is 322 g/mol. The van der Waals surface area contributed by atoms with E-state index in [2.05, 4.69) is 0 Å². The first-order valence-corrected chi connectivity index (χ1v) is 9.03. The summed E-state index contributed by atoms with van der Waals surface area (Å²) in [5, 5.41) is 9.11. The molecule has 0 fully saturated rings. The van der Waals surface area contributed by atoms with Gasteiger partial charge in [0.2, 0.25) is 0 Å². The molecule has 7 heteroatoms. The third-order valence-electron chi connectivity index (χ3n) is 3.81. The molecule has 116 valence electrons. The molecule has 0 aliphatic carbocycles. The molecule has 0 spiro atoms. The molecule has 1 aliphatic rings. The number of nitrogens with zero attached hydrogens (tertiary/aromatic N) is 1. The summed E-state index contributed by atoms with van der Waals surface area (Å²) in [5.74, 6) is -0.981. The van der Waals surface area contributed by atoms with Crippen LogP contribution in [0.2, 0.25) is 0 Å². The Labute approximate surface area is 132 Å². The van der Waals surface area contributed by atoms with Crippen LogP contribution in [0.4, 0.5) is 5.69 Å². The van der Waals surface area contributed by atoms with Crippen LogP contribution in [0.5, 0.6) is 0 Å². The zero-order chi connectivity index (χ0) is 16.1. The second kappa shape index (κ2) is 5.10. The molecule has 22 heavy (non-hydrogen) atoms. The largest absolute Gasteiger partial charge is 0.477 e. The molecular formula is C15H15NO4S2. The Morgan fingerprint density at radius 1 is 1.36 bits per heavy atom. The molecule has 0 saturated carbocycles. The van der Waals surface area contributed by atoms with E-state index in [0.29, 0.717) is 17.8 Å². The summed E-state index contributed by atoms with van der Waals surface area (Å²) in [4.78, 5) is 11.2. The molecule has 3 rings (SSSR count). The van der Waals surface area contributed by atoms with Crippen LogP contribution in [0.25, 0.3) is 0 Å². The van der Waals surface area contributed by atoms with Crippen molar-refractivity contribution in [3.63, 3.8) is 0 Å². The number of carboxylic acids is 1. The maximum absolute atomic E-state index is 12.9. The number of rotatable bonds is 3. The van der Waals surface area contributed by atoms with Crippen molar-refractivity contribution in [3.8, 4) is 0 Å². The van der Waals surface area contributed by atoms with Crippen LogP contribution >= 0.6 is 11.3 Å². The van der Waals surface area contributed by atoms with E-state index in [1.165, 1.54) is 10.4 Å². The molecule has 5 nitrogen and oxygen atoms in total. The maximum Gasteiger partial charge on any atom is 0.346 e. The van der Waals surface area contributed by atoms with Gasteiger partial charge in [0.1, 0.15) is 9.09 Å². The molecule has 1 N–H and O–H groups in total. The van der Waals surface area contributed by atoms with Crippen LogP contribution in [0.1, 0.15) is 33.6 Å². The Kier molecular flexibility index (Phi) is 3.49. The van der Waals surface area contributed by atoms with Gasteiger partial charge in [0.05, 0.1) is 5.69 Å². The van der Waals surface area contributed by atoms with E-state index in [1.807, 2.05) is 25.1 Å². The molecule has 0 amide bonds. The van der Waals surface area contributed by atoms with Crippen molar-refractivity contribution >= 4 is 33.0 Å². The van der Waals surface area contributed by atoms with Crippen molar-refractivity contribution in [3.05, 3.63) is 46.3 Å². The Morgan fingerprint density at radius 2 is 2.05 bits per heavy atom. The summed E-state index contributed by atoms with van der Waals surface area (Å²) in [6.07, 6.45) is 0. The minimum absolute atomic E-state index is 0.0686. The van der Waals surface area contributed by atoms with Crippen LogP contribution in [-0.4, -0.2) is 26.0 Å². The van der Waals surface area contributed by atoms with E-state index in [-0.39, 0.29) is 15.0 Å². The highest BCUT2D eigenvalue weighted by Gasteiger charge is 2.35. The average molecular weight is 337 g/mol. The number of aryl methyl sites for hydroxylation is 1. The first kappa shape index (κ1) is 15.1. The van der Waals surface area contributed by atoms with Gasteiger partial charge in [0, 0.05) is 12.5 Å². The topological polar surface area (TPSA) is 74.7 Å². The van der Waals surface area contributed by atoms with Gasteiger partial charge in [-0.2, -0.15) is 0 Å². The lowest BCUT2D eigenvalue weighted by molar-refractivity contribution is 0.0701. The lowest BCUT2D eigenvalue weighted by Gasteiger charge is -2.18. The fourth-order valence-electron chi connectivity index (χ4n) is 2.71. The molecule has 0 unspecified atom stereocenters. The van der Waals surface area contributed by atoms with Gasteiger partial charge in [-0.25, -0.2) is 13.2 Å². The Bertz CT molecular complexity index is 854. The minimum Gasteiger partial charge on any atom is -0.477 e. The monoisotopic (exact) mass is 337 g/mol. The van der Waals surface area contributed by atoms with E-state index in [4.69, 9.17) is 5.11 Å². The number of aromatic carboxylic acids is 1. The third kappa shape index (κ3) is 2.21. The number of hydrogen-bond donors (Lipinski definition) is 1. The lowest BCUT2D eigenvalue weighted by atomic mass is 10.0. The number of benzene rings is 1. The highest BCUT2D eigenvalue weighted by molar-refractivity contribution is 7.94. The van der Waals surface area contributed by atoms with Gasteiger partial charge in [-0.1, -0.05) is 25.1 Å². The number of anilines is 1. The van der Waals surface area contributed by atoms with Crippen molar-refractivity contribution in [1.29, 1.82) is 0 Å². The van der Waals surface area contributed by atoms with Gasteiger partial charge in [-0.15, -0.1) is 11.3 Å². The summed E-state index contributed by atoms with van der Waals surface area (Å²) in [6.45, 7) is 3.97. The van der Waals surface area contributed by atoms with Crippen LogP contribution < -0.4 is 4.31 Å². The maximum atomic E-state index is 12.9. The predicted octanol–water partition coefficient (Wildman–Crippen LogP) is 3.07. The molecule has 1 atom stereocenters. The Hall–Kier alpha value is -1.86. The minimum atomic E-state index is -3.73. The second-order valence-electron chi connectivity index (χ2n) is 5.38. The van der Waals surface area contributed by atoms with Gasteiger partial charge in [0.25, 0.3) is 10.0 Å². The summed E-state index contributed by atoms with van der Waals surface area (Å²) in [5.41, 5.74) is 2.15. The van der Waals surface area contributed by atoms with Gasteiger partial charge in [-0.3, -0.25) is 4.31 Å². The van der Waals surface area contributed by atoms with Gasteiger partial charge in [0.15, 0.2) is 0 Å². The number of sulfonamides is 1. The first-order valence-electron chi connectivity index (χ1n) is 6.77. The normalized spacial score (nSPS) is 17.5. The van der Waals surface area contributed by atoms with E-state index in [0.717, 1.165) is 16.9 Å². The van der Waals surface area contributed by atoms with Crippen LogP contribution in [-0.2, 0) is 10.0 Å². The average Bonchev–Trinajstić information content (AvgIpc) is 3.01.